The van der Waals surface area contributed by atoms with Crippen molar-refractivity contribution in [2.75, 3.05) is 11.5 Å². The summed E-state index contributed by atoms with van der Waals surface area (Å²) in [6.07, 6.45) is 0.794. The van der Waals surface area contributed by atoms with E-state index in [1.165, 1.54) is 5.56 Å². The molecule has 0 aliphatic carbocycles. The van der Waals surface area contributed by atoms with Crippen LogP contribution in [0.5, 0.6) is 0 Å². The molecule has 1 saturated heterocycles. The predicted octanol–water partition coefficient (Wildman–Crippen LogP) is 3.23. The van der Waals surface area contributed by atoms with Crippen molar-refractivity contribution in [1.82, 2.24) is 0 Å². The van der Waals surface area contributed by atoms with E-state index in [0.717, 1.165) is 11.3 Å². The Labute approximate surface area is 140 Å². The lowest BCUT2D eigenvalue weighted by Crippen LogP contribution is -2.29. The Kier molecular flexibility index (Phi) is 5.50. The maximum absolute atomic E-state index is 12.3. The van der Waals surface area contributed by atoms with Gasteiger partial charge in [-0.25, -0.2) is 0 Å². The fourth-order valence-electron chi connectivity index (χ4n) is 2.57. The summed E-state index contributed by atoms with van der Waals surface area (Å²) in [5, 5.41) is 0.0777. The number of hydrogen-bond donors (Lipinski definition) is 0. The summed E-state index contributed by atoms with van der Waals surface area (Å²) in [6.45, 7) is 0. The first kappa shape index (κ1) is 16.0. The zero-order valence-corrected chi connectivity index (χ0v) is 14.5. The fraction of sp³-hybridized carbons (Fsp3) is 0.294. The van der Waals surface area contributed by atoms with Crippen molar-refractivity contribution in [1.29, 1.82) is 0 Å². The molecule has 0 bridgehead atoms. The number of benzene rings is 2. The second-order valence-electron chi connectivity index (χ2n) is 5.20. The molecule has 0 saturated carbocycles. The van der Waals surface area contributed by atoms with Gasteiger partial charge in [-0.2, -0.15) is 0 Å². The van der Waals surface area contributed by atoms with Crippen LogP contribution in [0.25, 0.3) is 0 Å². The van der Waals surface area contributed by atoms with Crippen LogP contribution in [0.4, 0.5) is 0 Å². The van der Waals surface area contributed by atoms with Crippen LogP contribution in [-0.4, -0.2) is 29.8 Å². The second-order valence-corrected chi connectivity index (χ2v) is 10.2. The molecule has 0 radical (unpaired) electrons. The average Bonchev–Trinajstić information content (AvgIpc) is 2.88. The highest BCUT2D eigenvalue weighted by Crippen LogP contribution is 2.33. The Morgan fingerprint density at radius 1 is 0.909 bits per heavy atom. The highest BCUT2D eigenvalue weighted by atomic mass is 32.3. The second kappa shape index (κ2) is 7.57. The quantitative estimate of drug-likeness (QED) is 0.777. The van der Waals surface area contributed by atoms with E-state index in [1.54, 1.807) is 11.8 Å². The van der Waals surface area contributed by atoms with E-state index in [2.05, 4.69) is 24.3 Å². The third kappa shape index (κ3) is 3.89. The van der Waals surface area contributed by atoms with E-state index in [1.807, 2.05) is 36.4 Å². The summed E-state index contributed by atoms with van der Waals surface area (Å²) in [5.41, 5.74) is 1.21. The maximum Gasteiger partial charge on any atom is 0.122 e. The van der Waals surface area contributed by atoms with Gasteiger partial charge < -0.3 is 0 Å². The van der Waals surface area contributed by atoms with E-state index >= 15 is 0 Å². The highest BCUT2D eigenvalue weighted by Gasteiger charge is 2.37. The Hall–Kier alpha value is -0.910. The summed E-state index contributed by atoms with van der Waals surface area (Å²) >= 11 is 1.70. The van der Waals surface area contributed by atoms with Crippen LogP contribution in [-0.2, 0) is 28.0 Å². The van der Waals surface area contributed by atoms with Gasteiger partial charge in [-0.3, -0.25) is 8.42 Å². The van der Waals surface area contributed by atoms with Crippen LogP contribution in [0.1, 0.15) is 5.56 Å². The average molecular weight is 351 g/mol. The van der Waals surface area contributed by atoms with Crippen LogP contribution in [0, 0.1) is 0 Å². The molecule has 3 rings (SSSR count). The Bertz CT molecular complexity index is 601. The summed E-state index contributed by atoms with van der Waals surface area (Å²) < 4.78 is 24.4. The largest absolute Gasteiger partial charge is 0.258 e. The SMILES string of the molecule is O=[S@]1CC[S@](=O)C1C(Cc1ccccc1)Sc1ccccc1. The van der Waals surface area contributed by atoms with Gasteiger partial charge in [0, 0.05) is 43.3 Å². The summed E-state index contributed by atoms with van der Waals surface area (Å²) in [4.78, 5) is 1.14. The van der Waals surface area contributed by atoms with Crippen molar-refractivity contribution in [3.63, 3.8) is 0 Å². The van der Waals surface area contributed by atoms with Gasteiger partial charge in [0.2, 0.25) is 0 Å². The minimum absolute atomic E-state index is 0.0777. The molecule has 0 spiro atoms. The van der Waals surface area contributed by atoms with Gasteiger partial charge in [-0.05, 0) is 24.1 Å². The monoisotopic (exact) mass is 350 g/mol. The topological polar surface area (TPSA) is 34.1 Å². The molecule has 1 fully saturated rings. The molecule has 2 aromatic carbocycles. The molecule has 5 heteroatoms. The van der Waals surface area contributed by atoms with Crippen molar-refractivity contribution in [3.05, 3.63) is 66.2 Å². The molecule has 1 aliphatic rings. The number of hydrogen-bond acceptors (Lipinski definition) is 3. The molecule has 1 unspecified atom stereocenters. The predicted molar refractivity (Wildman–Crippen MR) is 96.0 cm³/mol. The van der Waals surface area contributed by atoms with Gasteiger partial charge in [0.05, 0.1) is 0 Å². The first-order valence-corrected chi connectivity index (χ1v) is 10.9. The molecule has 0 amide bonds. The fourth-order valence-corrected chi connectivity index (χ4v) is 8.88. The van der Waals surface area contributed by atoms with E-state index in [-0.39, 0.29) is 9.83 Å². The van der Waals surface area contributed by atoms with E-state index in [4.69, 9.17) is 0 Å². The van der Waals surface area contributed by atoms with Gasteiger partial charge in [-0.1, -0.05) is 48.5 Å². The van der Waals surface area contributed by atoms with Crippen LogP contribution in [0.15, 0.2) is 65.6 Å². The van der Waals surface area contributed by atoms with Crippen molar-refractivity contribution >= 4 is 33.4 Å². The van der Waals surface area contributed by atoms with Crippen LogP contribution >= 0.6 is 11.8 Å². The summed E-state index contributed by atoms with van der Waals surface area (Å²) in [6, 6.07) is 20.3. The zero-order chi connectivity index (χ0) is 15.4. The van der Waals surface area contributed by atoms with Gasteiger partial charge in [0.1, 0.15) is 4.58 Å². The molecule has 0 N–H and O–H groups in total. The number of rotatable bonds is 5. The molecule has 116 valence electrons. The first-order chi connectivity index (χ1) is 10.7. The first-order valence-electron chi connectivity index (χ1n) is 7.24. The molecule has 3 atom stereocenters. The number of thioether (sulfide) groups is 1. The third-order valence-electron chi connectivity index (χ3n) is 3.62. The Morgan fingerprint density at radius 2 is 1.45 bits per heavy atom. The van der Waals surface area contributed by atoms with Crippen molar-refractivity contribution in [3.8, 4) is 0 Å². The highest BCUT2D eigenvalue weighted by molar-refractivity contribution is 8.09. The zero-order valence-electron chi connectivity index (χ0n) is 12.1. The normalized spacial score (nSPS) is 23.5. The molecule has 0 aromatic heterocycles. The lowest BCUT2D eigenvalue weighted by Gasteiger charge is -2.21. The molecular formula is C17H18O2S3. The van der Waals surface area contributed by atoms with E-state index in [9.17, 15) is 8.42 Å². The molecule has 1 heterocycles. The summed E-state index contributed by atoms with van der Waals surface area (Å²) in [7, 11) is -1.98. The van der Waals surface area contributed by atoms with Crippen LogP contribution in [0.2, 0.25) is 0 Å². The van der Waals surface area contributed by atoms with Crippen molar-refractivity contribution < 1.29 is 8.42 Å². The molecule has 1 aliphatic heterocycles. The van der Waals surface area contributed by atoms with Gasteiger partial charge in [0.25, 0.3) is 0 Å². The molecule has 2 aromatic rings. The van der Waals surface area contributed by atoms with Gasteiger partial charge in [0.15, 0.2) is 0 Å². The smallest absolute Gasteiger partial charge is 0.122 e. The van der Waals surface area contributed by atoms with E-state index in [0.29, 0.717) is 11.5 Å². The Morgan fingerprint density at radius 3 is 2.05 bits per heavy atom. The Balaban J connectivity index is 1.85. The molecule has 2 nitrogen and oxygen atoms in total. The molecule has 22 heavy (non-hydrogen) atoms. The molecular weight excluding hydrogens is 332 g/mol. The van der Waals surface area contributed by atoms with E-state index < -0.39 is 21.6 Å². The maximum atomic E-state index is 12.3. The lowest BCUT2D eigenvalue weighted by molar-refractivity contribution is 0.673. The van der Waals surface area contributed by atoms with Crippen molar-refractivity contribution in [2.24, 2.45) is 0 Å². The van der Waals surface area contributed by atoms with Crippen molar-refractivity contribution in [2.45, 2.75) is 21.1 Å². The van der Waals surface area contributed by atoms with Gasteiger partial charge >= 0.3 is 0 Å². The van der Waals surface area contributed by atoms with Crippen LogP contribution in [0.3, 0.4) is 0 Å². The third-order valence-corrected chi connectivity index (χ3v) is 9.70. The van der Waals surface area contributed by atoms with Crippen LogP contribution < -0.4 is 0 Å². The minimum atomic E-state index is -0.989. The van der Waals surface area contributed by atoms with Gasteiger partial charge in [-0.15, -0.1) is 11.8 Å². The summed E-state index contributed by atoms with van der Waals surface area (Å²) in [5.74, 6) is 1.13. The lowest BCUT2D eigenvalue weighted by atomic mass is 10.1. The standard InChI is InChI=1S/C17H18O2S3/c18-21-11-12-22(19)17(21)16(13-14-7-3-1-4-8-14)20-15-9-5-2-6-10-15/h1-10,16-17H,11-13H2/t16?,21-,22-/m0/s1. The minimum Gasteiger partial charge on any atom is -0.258 e.